The van der Waals surface area contributed by atoms with Crippen LogP contribution in [0.4, 0.5) is 5.00 Å². The van der Waals surface area contributed by atoms with E-state index in [0.717, 1.165) is 24.5 Å². The lowest BCUT2D eigenvalue weighted by molar-refractivity contribution is 0.256. The van der Waals surface area contributed by atoms with Crippen LogP contribution in [0.2, 0.25) is 0 Å². The molecule has 1 rings (SSSR count). The van der Waals surface area contributed by atoms with Crippen molar-refractivity contribution < 1.29 is 0 Å². The van der Waals surface area contributed by atoms with Gasteiger partial charge in [0, 0.05) is 24.0 Å². The van der Waals surface area contributed by atoms with Gasteiger partial charge in [-0.05, 0) is 25.5 Å². The van der Waals surface area contributed by atoms with Crippen LogP contribution in [-0.4, -0.2) is 24.0 Å². The van der Waals surface area contributed by atoms with Crippen LogP contribution in [0.25, 0.3) is 0 Å². The van der Waals surface area contributed by atoms with Gasteiger partial charge in [0.15, 0.2) is 0 Å². The van der Waals surface area contributed by atoms with Gasteiger partial charge in [0.1, 0.15) is 0 Å². The molecule has 0 aromatic carbocycles. The van der Waals surface area contributed by atoms with Gasteiger partial charge in [-0.1, -0.05) is 12.2 Å². The zero-order chi connectivity index (χ0) is 12.0. The van der Waals surface area contributed by atoms with Crippen molar-refractivity contribution in [2.45, 2.75) is 19.4 Å². The summed E-state index contributed by atoms with van der Waals surface area (Å²) < 4.78 is 0. The number of nitrogens with two attached hydrogens (primary N) is 1. The Kier molecular flexibility index (Phi) is 5.29. The molecular weight excluding hydrogens is 216 g/mol. The second-order valence-corrected chi connectivity index (χ2v) is 5.09. The number of nitrogen functional groups attached to an aromatic ring is 1. The first kappa shape index (κ1) is 13.0. The van der Waals surface area contributed by atoms with Gasteiger partial charge >= 0.3 is 0 Å². The monoisotopic (exact) mass is 236 g/mol. The summed E-state index contributed by atoms with van der Waals surface area (Å²) in [4.78, 5) is 3.68. The molecule has 0 radical (unpaired) electrons. The Hall–Kier alpha value is -1.06. The van der Waals surface area contributed by atoms with Gasteiger partial charge < -0.3 is 5.73 Å². The third-order valence-corrected chi connectivity index (χ3v) is 3.47. The van der Waals surface area contributed by atoms with E-state index in [4.69, 9.17) is 5.73 Å². The third kappa shape index (κ3) is 3.83. The fourth-order valence-electron chi connectivity index (χ4n) is 1.69. The van der Waals surface area contributed by atoms with E-state index in [-0.39, 0.29) is 0 Å². The number of hydrogen-bond donors (Lipinski definition) is 1. The van der Waals surface area contributed by atoms with Crippen molar-refractivity contribution in [1.82, 2.24) is 4.90 Å². The molecule has 1 unspecified atom stereocenters. The molecule has 3 heteroatoms. The Morgan fingerprint density at radius 1 is 1.38 bits per heavy atom. The predicted octanol–water partition coefficient (Wildman–Crippen LogP) is 2.94. The Bertz CT molecular complexity index is 333. The van der Waals surface area contributed by atoms with E-state index in [0.29, 0.717) is 6.04 Å². The van der Waals surface area contributed by atoms with Gasteiger partial charge in [-0.2, -0.15) is 0 Å². The van der Waals surface area contributed by atoms with Gasteiger partial charge in [-0.25, -0.2) is 0 Å². The van der Waals surface area contributed by atoms with Crippen LogP contribution in [-0.2, 0) is 6.42 Å². The molecule has 0 aliphatic carbocycles. The SMILES string of the molecule is C=CCN(CC=C)C(C)Cc1ccc(N)s1. The Labute approximate surface area is 102 Å². The van der Waals surface area contributed by atoms with Crippen molar-refractivity contribution in [3.63, 3.8) is 0 Å². The molecule has 0 spiro atoms. The lowest BCUT2D eigenvalue weighted by atomic mass is 10.1. The van der Waals surface area contributed by atoms with Crippen LogP contribution < -0.4 is 5.73 Å². The summed E-state index contributed by atoms with van der Waals surface area (Å²) >= 11 is 1.67. The third-order valence-electron chi connectivity index (χ3n) is 2.53. The van der Waals surface area contributed by atoms with Gasteiger partial charge in [0.05, 0.1) is 5.00 Å². The first-order valence-corrected chi connectivity index (χ1v) is 6.29. The summed E-state index contributed by atoms with van der Waals surface area (Å²) in [6.07, 6.45) is 4.90. The van der Waals surface area contributed by atoms with Crippen molar-refractivity contribution in [3.05, 3.63) is 42.3 Å². The molecule has 16 heavy (non-hydrogen) atoms. The van der Waals surface area contributed by atoms with Crippen molar-refractivity contribution in [2.75, 3.05) is 18.8 Å². The molecule has 1 heterocycles. The lowest BCUT2D eigenvalue weighted by Gasteiger charge is -2.26. The molecule has 88 valence electrons. The van der Waals surface area contributed by atoms with E-state index in [9.17, 15) is 0 Å². The molecule has 2 N–H and O–H groups in total. The van der Waals surface area contributed by atoms with Crippen LogP contribution in [0.5, 0.6) is 0 Å². The maximum absolute atomic E-state index is 5.72. The van der Waals surface area contributed by atoms with E-state index in [2.05, 4.69) is 31.0 Å². The minimum absolute atomic E-state index is 0.481. The molecule has 1 aromatic heterocycles. The molecule has 0 bridgehead atoms. The summed E-state index contributed by atoms with van der Waals surface area (Å²) in [5.41, 5.74) is 5.72. The topological polar surface area (TPSA) is 29.3 Å². The quantitative estimate of drug-likeness (QED) is 0.738. The van der Waals surface area contributed by atoms with E-state index < -0.39 is 0 Å². The number of thiophene rings is 1. The first-order chi connectivity index (χ1) is 7.67. The molecule has 2 nitrogen and oxygen atoms in total. The number of rotatable bonds is 7. The van der Waals surface area contributed by atoms with E-state index in [1.54, 1.807) is 11.3 Å². The van der Waals surface area contributed by atoms with Crippen molar-refractivity contribution in [2.24, 2.45) is 0 Å². The molecule has 0 saturated carbocycles. The summed E-state index contributed by atoms with van der Waals surface area (Å²) in [6.45, 7) is 11.6. The van der Waals surface area contributed by atoms with Crippen LogP contribution in [0.1, 0.15) is 11.8 Å². The van der Waals surface area contributed by atoms with E-state index in [1.807, 2.05) is 18.2 Å². The minimum Gasteiger partial charge on any atom is -0.391 e. The van der Waals surface area contributed by atoms with Gasteiger partial charge in [0.2, 0.25) is 0 Å². The van der Waals surface area contributed by atoms with Crippen molar-refractivity contribution in [1.29, 1.82) is 0 Å². The maximum Gasteiger partial charge on any atom is 0.0859 e. The number of anilines is 1. The summed E-state index contributed by atoms with van der Waals surface area (Å²) in [7, 11) is 0. The van der Waals surface area contributed by atoms with Crippen molar-refractivity contribution >= 4 is 16.3 Å². The predicted molar refractivity (Wildman–Crippen MR) is 73.9 cm³/mol. The van der Waals surface area contributed by atoms with E-state index >= 15 is 0 Å². The Morgan fingerprint density at radius 2 is 2.00 bits per heavy atom. The molecule has 0 fully saturated rings. The van der Waals surface area contributed by atoms with Crippen LogP contribution in [0.15, 0.2) is 37.4 Å². The second-order valence-electron chi connectivity index (χ2n) is 3.89. The normalized spacial score (nSPS) is 12.6. The highest BCUT2D eigenvalue weighted by Gasteiger charge is 2.12. The maximum atomic E-state index is 5.72. The van der Waals surface area contributed by atoms with Crippen LogP contribution in [0.3, 0.4) is 0 Å². The second kappa shape index (κ2) is 6.51. The Morgan fingerprint density at radius 3 is 2.44 bits per heavy atom. The smallest absolute Gasteiger partial charge is 0.0859 e. The number of nitrogens with zero attached hydrogens (tertiary/aromatic N) is 1. The summed E-state index contributed by atoms with van der Waals surface area (Å²) in [5, 5.41) is 0.890. The zero-order valence-corrected chi connectivity index (χ0v) is 10.7. The molecule has 1 atom stereocenters. The first-order valence-electron chi connectivity index (χ1n) is 5.47. The van der Waals surface area contributed by atoms with E-state index in [1.165, 1.54) is 4.88 Å². The molecule has 0 aliphatic rings. The Balaban J connectivity index is 2.56. The average Bonchev–Trinajstić information content (AvgIpc) is 2.63. The molecule has 0 saturated heterocycles. The molecule has 0 aliphatic heterocycles. The van der Waals surface area contributed by atoms with Gasteiger partial charge in [0.25, 0.3) is 0 Å². The van der Waals surface area contributed by atoms with Gasteiger partial charge in [-0.15, -0.1) is 24.5 Å². The zero-order valence-electron chi connectivity index (χ0n) is 9.86. The largest absolute Gasteiger partial charge is 0.391 e. The average molecular weight is 236 g/mol. The fraction of sp³-hybridized carbons (Fsp3) is 0.385. The molecular formula is C13H20N2S. The van der Waals surface area contributed by atoms with Crippen LogP contribution >= 0.6 is 11.3 Å². The lowest BCUT2D eigenvalue weighted by Crippen LogP contribution is -2.34. The minimum atomic E-state index is 0.481. The highest BCUT2D eigenvalue weighted by Crippen LogP contribution is 2.20. The number of hydrogen-bond acceptors (Lipinski definition) is 3. The summed E-state index contributed by atoms with van der Waals surface area (Å²) in [5.74, 6) is 0. The fourth-order valence-corrected chi connectivity index (χ4v) is 2.59. The molecule has 1 aromatic rings. The molecule has 0 amide bonds. The van der Waals surface area contributed by atoms with Crippen molar-refractivity contribution in [3.8, 4) is 0 Å². The van der Waals surface area contributed by atoms with Crippen LogP contribution in [0, 0.1) is 0 Å². The van der Waals surface area contributed by atoms with Gasteiger partial charge in [-0.3, -0.25) is 4.90 Å². The highest BCUT2D eigenvalue weighted by atomic mass is 32.1. The standard InChI is InChI=1S/C13H20N2S/c1-4-8-15(9-5-2)11(3)10-12-6-7-13(14)16-12/h4-7,11H,1-2,8-10,14H2,3H3. The summed E-state index contributed by atoms with van der Waals surface area (Å²) in [6, 6.07) is 4.56. The highest BCUT2D eigenvalue weighted by molar-refractivity contribution is 7.15.